The minimum Gasteiger partial charge on any atom is -0.342 e. The molecule has 0 aromatic rings. The third-order valence-electron chi connectivity index (χ3n) is 4.38. The Labute approximate surface area is 115 Å². The Kier molecular flexibility index (Phi) is 4.27. The fourth-order valence-corrected chi connectivity index (χ4v) is 3.26. The predicted molar refractivity (Wildman–Crippen MR) is 74.6 cm³/mol. The lowest BCUT2D eigenvalue weighted by Crippen LogP contribution is -2.59. The molecule has 1 atom stereocenters. The van der Waals surface area contributed by atoms with Gasteiger partial charge in [-0.25, -0.2) is 0 Å². The zero-order chi connectivity index (χ0) is 13.9. The lowest BCUT2D eigenvalue weighted by Gasteiger charge is -2.39. The number of carbonyl (C=O) groups is 2. The highest BCUT2D eigenvalue weighted by Gasteiger charge is 2.45. The maximum Gasteiger partial charge on any atom is 0.248 e. The quantitative estimate of drug-likeness (QED) is 0.793. The van der Waals surface area contributed by atoms with Crippen LogP contribution in [0.1, 0.15) is 51.9 Å². The Bertz CT molecular complexity index is 372. The van der Waals surface area contributed by atoms with Gasteiger partial charge < -0.3 is 10.2 Å². The van der Waals surface area contributed by atoms with Crippen LogP contribution in [0.2, 0.25) is 0 Å². The van der Waals surface area contributed by atoms with E-state index in [2.05, 4.69) is 11.9 Å². The molecule has 1 unspecified atom stereocenters. The summed E-state index contributed by atoms with van der Waals surface area (Å²) in [6.07, 6.45) is 7.80. The van der Waals surface area contributed by atoms with Crippen molar-refractivity contribution in [1.29, 1.82) is 0 Å². The van der Waals surface area contributed by atoms with Gasteiger partial charge in [0.1, 0.15) is 5.54 Å². The average molecular weight is 264 g/mol. The van der Waals surface area contributed by atoms with Gasteiger partial charge in [-0.15, -0.1) is 6.58 Å². The normalized spacial score (nSPS) is 24.8. The first-order valence-electron chi connectivity index (χ1n) is 7.32. The van der Waals surface area contributed by atoms with Crippen LogP contribution >= 0.6 is 0 Å². The molecule has 2 aliphatic rings. The second-order valence-electron chi connectivity index (χ2n) is 5.81. The van der Waals surface area contributed by atoms with Gasteiger partial charge in [0.15, 0.2) is 0 Å². The van der Waals surface area contributed by atoms with Crippen molar-refractivity contribution in [1.82, 2.24) is 10.2 Å². The zero-order valence-corrected chi connectivity index (χ0v) is 11.8. The molecule has 1 saturated carbocycles. The highest BCUT2D eigenvalue weighted by molar-refractivity contribution is 5.93. The number of carbonyl (C=O) groups excluding carboxylic acids is 2. The standard InChI is InChI=1S/C15H24N2O2/c1-3-7-12(2)17-11-8-13(18)16-15(14(17)19)9-5-4-6-10-15/h3,12H,1,4-11H2,2H3,(H,16,18). The summed E-state index contributed by atoms with van der Waals surface area (Å²) in [5.41, 5.74) is -0.624. The monoisotopic (exact) mass is 264 g/mol. The molecule has 2 fully saturated rings. The van der Waals surface area contributed by atoms with E-state index in [9.17, 15) is 9.59 Å². The van der Waals surface area contributed by atoms with E-state index in [1.165, 1.54) is 0 Å². The first kappa shape index (κ1) is 14.1. The highest BCUT2D eigenvalue weighted by Crippen LogP contribution is 2.32. The fraction of sp³-hybridized carbons (Fsp3) is 0.733. The maximum absolute atomic E-state index is 12.9. The van der Waals surface area contributed by atoms with E-state index in [0.29, 0.717) is 13.0 Å². The van der Waals surface area contributed by atoms with E-state index in [1.807, 2.05) is 17.9 Å². The molecule has 2 rings (SSSR count). The molecule has 4 nitrogen and oxygen atoms in total. The summed E-state index contributed by atoms with van der Waals surface area (Å²) < 4.78 is 0. The molecule has 2 amide bonds. The van der Waals surface area contributed by atoms with Crippen molar-refractivity contribution in [3.63, 3.8) is 0 Å². The minimum absolute atomic E-state index is 0.0172. The van der Waals surface area contributed by atoms with Gasteiger partial charge in [-0.1, -0.05) is 25.3 Å². The molecule has 1 heterocycles. The van der Waals surface area contributed by atoms with E-state index >= 15 is 0 Å². The van der Waals surface area contributed by atoms with E-state index in [1.54, 1.807) is 0 Å². The van der Waals surface area contributed by atoms with E-state index < -0.39 is 5.54 Å². The summed E-state index contributed by atoms with van der Waals surface area (Å²) in [5.74, 6) is 0.135. The van der Waals surface area contributed by atoms with Gasteiger partial charge in [0.05, 0.1) is 0 Å². The predicted octanol–water partition coefficient (Wildman–Crippen LogP) is 2.00. The van der Waals surface area contributed by atoms with Crippen LogP contribution in [0.4, 0.5) is 0 Å². The molecule has 0 bridgehead atoms. The number of hydrogen-bond donors (Lipinski definition) is 1. The summed E-state index contributed by atoms with van der Waals surface area (Å²) in [4.78, 5) is 26.7. The van der Waals surface area contributed by atoms with Crippen LogP contribution in [0.3, 0.4) is 0 Å². The van der Waals surface area contributed by atoms with E-state index in [-0.39, 0.29) is 17.9 Å². The van der Waals surface area contributed by atoms with Gasteiger partial charge in [-0.05, 0) is 26.2 Å². The van der Waals surface area contributed by atoms with Crippen molar-refractivity contribution in [3.8, 4) is 0 Å². The van der Waals surface area contributed by atoms with Crippen LogP contribution < -0.4 is 5.32 Å². The van der Waals surface area contributed by atoms with Crippen LogP contribution in [0.5, 0.6) is 0 Å². The van der Waals surface area contributed by atoms with Gasteiger partial charge in [-0.2, -0.15) is 0 Å². The summed E-state index contributed by atoms with van der Waals surface area (Å²) in [6, 6.07) is 0.122. The van der Waals surface area contributed by atoms with Crippen LogP contribution in [-0.2, 0) is 9.59 Å². The molecule has 1 aliphatic heterocycles. The van der Waals surface area contributed by atoms with Crippen molar-refractivity contribution >= 4 is 11.8 Å². The molecule has 1 spiro atoms. The van der Waals surface area contributed by atoms with Crippen molar-refractivity contribution in [3.05, 3.63) is 12.7 Å². The second-order valence-corrected chi connectivity index (χ2v) is 5.81. The zero-order valence-electron chi connectivity index (χ0n) is 11.8. The highest BCUT2D eigenvalue weighted by atomic mass is 16.2. The summed E-state index contributed by atoms with van der Waals surface area (Å²) in [7, 11) is 0. The van der Waals surface area contributed by atoms with Crippen molar-refractivity contribution < 1.29 is 9.59 Å². The van der Waals surface area contributed by atoms with Crippen molar-refractivity contribution in [2.24, 2.45) is 0 Å². The Hall–Kier alpha value is -1.32. The fourth-order valence-electron chi connectivity index (χ4n) is 3.26. The Morgan fingerprint density at radius 1 is 1.37 bits per heavy atom. The molecule has 4 heteroatoms. The van der Waals surface area contributed by atoms with E-state index in [4.69, 9.17) is 0 Å². The van der Waals surface area contributed by atoms with Gasteiger partial charge >= 0.3 is 0 Å². The molecule has 0 aromatic carbocycles. The number of amides is 2. The Morgan fingerprint density at radius 2 is 2.05 bits per heavy atom. The SMILES string of the molecule is C=CCC(C)N1CCC(=O)NC2(CCCCC2)C1=O. The lowest BCUT2D eigenvalue weighted by molar-refractivity contribution is -0.142. The Balaban J connectivity index is 2.23. The van der Waals surface area contributed by atoms with Crippen LogP contribution in [-0.4, -0.2) is 34.8 Å². The molecule has 1 saturated heterocycles. The second kappa shape index (κ2) is 5.76. The topological polar surface area (TPSA) is 49.4 Å². The molecule has 1 N–H and O–H groups in total. The van der Waals surface area contributed by atoms with Gasteiger partial charge in [0.2, 0.25) is 11.8 Å². The third-order valence-corrected chi connectivity index (χ3v) is 4.38. The molecule has 0 radical (unpaired) electrons. The molecular formula is C15H24N2O2. The number of nitrogens with zero attached hydrogens (tertiary/aromatic N) is 1. The minimum atomic E-state index is -0.624. The van der Waals surface area contributed by atoms with Gasteiger partial charge in [0, 0.05) is 19.0 Å². The largest absolute Gasteiger partial charge is 0.342 e. The van der Waals surface area contributed by atoms with Crippen LogP contribution in [0, 0.1) is 0 Å². The van der Waals surface area contributed by atoms with E-state index in [0.717, 1.165) is 38.5 Å². The number of nitrogens with one attached hydrogen (secondary N) is 1. The molecule has 106 valence electrons. The third kappa shape index (κ3) is 2.82. The average Bonchev–Trinajstić information content (AvgIpc) is 2.50. The van der Waals surface area contributed by atoms with Crippen molar-refractivity contribution in [2.45, 2.75) is 63.5 Å². The molecule has 0 aromatic heterocycles. The molecular weight excluding hydrogens is 240 g/mol. The van der Waals surface area contributed by atoms with Gasteiger partial charge in [-0.3, -0.25) is 9.59 Å². The summed E-state index contributed by atoms with van der Waals surface area (Å²) >= 11 is 0. The number of rotatable bonds is 3. The molecule has 1 aliphatic carbocycles. The maximum atomic E-state index is 12.9. The summed E-state index contributed by atoms with van der Waals surface area (Å²) in [5, 5.41) is 3.01. The van der Waals surface area contributed by atoms with Crippen molar-refractivity contribution in [2.75, 3.05) is 6.54 Å². The smallest absolute Gasteiger partial charge is 0.248 e. The Morgan fingerprint density at radius 3 is 2.68 bits per heavy atom. The lowest BCUT2D eigenvalue weighted by atomic mass is 9.80. The molecule has 19 heavy (non-hydrogen) atoms. The van der Waals surface area contributed by atoms with Crippen LogP contribution in [0.15, 0.2) is 12.7 Å². The number of hydrogen-bond acceptors (Lipinski definition) is 2. The first-order chi connectivity index (χ1) is 9.09. The summed E-state index contributed by atoms with van der Waals surface area (Å²) in [6.45, 7) is 6.31. The first-order valence-corrected chi connectivity index (χ1v) is 7.32. The van der Waals surface area contributed by atoms with Gasteiger partial charge in [0.25, 0.3) is 0 Å². The van der Waals surface area contributed by atoms with Crippen LogP contribution in [0.25, 0.3) is 0 Å².